The zero-order valence-corrected chi connectivity index (χ0v) is 12.9. The van der Waals surface area contributed by atoms with Crippen LogP contribution in [-0.2, 0) is 11.8 Å². The summed E-state index contributed by atoms with van der Waals surface area (Å²) in [5.74, 6) is -0.155. The standard InChI is InChI=1S/C17H18N4O2/c1-21-11-19-10-15(21)16-8-14(5-6-23-16)20-17(22)13-4-2-3-12(7-13)9-18/h2-4,7,10-11,14,16H,5-6,8H2,1H3,(H,20,22)/t14-,16+/m1/s1. The molecule has 0 saturated carbocycles. The molecule has 0 aliphatic carbocycles. The molecule has 6 heteroatoms. The topological polar surface area (TPSA) is 79.9 Å². The van der Waals surface area contributed by atoms with Crippen LogP contribution in [0.4, 0.5) is 0 Å². The number of hydrogen-bond acceptors (Lipinski definition) is 4. The van der Waals surface area contributed by atoms with Crippen LogP contribution in [0.2, 0.25) is 0 Å². The SMILES string of the molecule is Cn1cncc1[C@@H]1C[C@H](NC(=O)c2cccc(C#N)c2)CCO1. The van der Waals surface area contributed by atoms with Crippen LogP contribution in [0.1, 0.15) is 40.6 Å². The lowest BCUT2D eigenvalue weighted by Crippen LogP contribution is -2.40. The van der Waals surface area contributed by atoms with Gasteiger partial charge in [0, 0.05) is 25.3 Å². The van der Waals surface area contributed by atoms with Crippen LogP contribution < -0.4 is 5.32 Å². The highest BCUT2D eigenvalue weighted by atomic mass is 16.5. The van der Waals surface area contributed by atoms with Crippen molar-refractivity contribution in [2.45, 2.75) is 25.0 Å². The van der Waals surface area contributed by atoms with Gasteiger partial charge in [-0.25, -0.2) is 4.98 Å². The summed E-state index contributed by atoms with van der Waals surface area (Å²) in [5, 5.41) is 12.0. The van der Waals surface area contributed by atoms with Gasteiger partial charge in [-0.05, 0) is 31.0 Å². The monoisotopic (exact) mass is 310 g/mol. The Morgan fingerprint density at radius 2 is 2.39 bits per heavy atom. The number of carbonyl (C=O) groups is 1. The molecule has 0 radical (unpaired) electrons. The third kappa shape index (κ3) is 3.41. The van der Waals surface area contributed by atoms with E-state index in [0.717, 1.165) is 12.1 Å². The van der Waals surface area contributed by atoms with Gasteiger partial charge in [0.05, 0.1) is 29.9 Å². The third-order valence-electron chi connectivity index (χ3n) is 4.06. The fraction of sp³-hybridized carbons (Fsp3) is 0.353. The van der Waals surface area contributed by atoms with Gasteiger partial charge in [0.2, 0.25) is 0 Å². The van der Waals surface area contributed by atoms with Gasteiger partial charge in [-0.15, -0.1) is 0 Å². The molecule has 1 saturated heterocycles. The number of nitrogens with one attached hydrogen (secondary N) is 1. The smallest absolute Gasteiger partial charge is 0.251 e. The van der Waals surface area contributed by atoms with E-state index in [1.807, 2.05) is 17.7 Å². The summed E-state index contributed by atoms with van der Waals surface area (Å²) in [6.45, 7) is 0.596. The normalized spacial score (nSPS) is 20.7. The number of ether oxygens (including phenoxy) is 1. The van der Waals surface area contributed by atoms with Gasteiger partial charge < -0.3 is 14.6 Å². The molecule has 1 fully saturated rings. The van der Waals surface area contributed by atoms with Gasteiger partial charge in [0.1, 0.15) is 6.10 Å². The predicted molar refractivity (Wildman–Crippen MR) is 83.5 cm³/mol. The Bertz CT molecular complexity index is 747. The van der Waals surface area contributed by atoms with Gasteiger partial charge in [0.15, 0.2) is 0 Å². The maximum absolute atomic E-state index is 12.4. The average Bonchev–Trinajstić information content (AvgIpc) is 3.01. The van der Waals surface area contributed by atoms with Gasteiger partial charge in [-0.1, -0.05) is 6.07 Å². The number of aryl methyl sites for hydroxylation is 1. The fourth-order valence-corrected chi connectivity index (χ4v) is 2.81. The van der Waals surface area contributed by atoms with Crippen molar-refractivity contribution in [2.75, 3.05) is 6.61 Å². The van der Waals surface area contributed by atoms with Crippen molar-refractivity contribution in [3.05, 3.63) is 53.6 Å². The number of aromatic nitrogens is 2. The minimum absolute atomic E-state index is 0.0434. The Labute approximate surface area is 134 Å². The van der Waals surface area contributed by atoms with Crippen molar-refractivity contribution in [3.8, 4) is 6.07 Å². The highest BCUT2D eigenvalue weighted by Crippen LogP contribution is 2.27. The Balaban J connectivity index is 1.66. The maximum Gasteiger partial charge on any atom is 0.251 e. The Kier molecular flexibility index (Phi) is 4.40. The van der Waals surface area contributed by atoms with E-state index in [9.17, 15) is 4.79 Å². The molecular weight excluding hydrogens is 292 g/mol. The van der Waals surface area contributed by atoms with Crippen molar-refractivity contribution < 1.29 is 9.53 Å². The van der Waals surface area contributed by atoms with Gasteiger partial charge >= 0.3 is 0 Å². The van der Waals surface area contributed by atoms with Crippen molar-refractivity contribution in [2.24, 2.45) is 7.05 Å². The maximum atomic E-state index is 12.4. The summed E-state index contributed by atoms with van der Waals surface area (Å²) < 4.78 is 7.74. The number of nitriles is 1. The first kappa shape index (κ1) is 15.3. The molecule has 3 rings (SSSR count). The second-order valence-electron chi connectivity index (χ2n) is 5.68. The van der Waals surface area contributed by atoms with Crippen LogP contribution in [0.3, 0.4) is 0 Å². The van der Waals surface area contributed by atoms with E-state index in [2.05, 4.69) is 10.3 Å². The summed E-state index contributed by atoms with van der Waals surface area (Å²) in [4.78, 5) is 16.5. The van der Waals surface area contributed by atoms with Crippen LogP contribution in [0.15, 0.2) is 36.8 Å². The van der Waals surface area contributed by atoms with Crippen LogP contribution in [-0.4, -0.2) is 28.1 Å². The number of imidazole rings is 1. The zero-order valence-electron chi connectivity index (χ0n) is 12.9. The van der Waals surface area contributed by atoms with E-state index >= 15 is 0 Å². The molecule has 118 valence electrons. The van der Waals surface area contributed by atoms with E-state index in [4.69, 9.17) is 10.00 Å². The van der Waals surface area contributed by atoms with Gasteiger partial charge in [0.25, 0.3) is 5.91 Å². The summed E-state index contributed by atoms with van der Waals surface area (Å²) in [6.07, 6.45) is 4.97. The second-order valence-corrected chi connectivity index (χ2v) is 5.68. The van der Waals surface area contributed by atoms with E-state index in [-0.39, 0.29) is 18.1 Å². The van der Waals surface area contributed by atoms with Crippen molar-refractivity contribution in [1.29, 1.82) is 5.26 Å². The van der Waals surface area contributed by atoms with Crippen molar-refractivity contribution in [3.63, 3.8) is 0 Å². The number of amides is 1. The lowest BCUT2D eigenvalue weighted by molar-refractivity contribution is -0.00301. The minimum atomic E-state index is -0.155. The van der Waals surface area contributed by atoms with Gasteiger partial charge in [-0.3, -0.25) is 4.79 Å². The van der Waals surface area contributed by atoms with Crippen molar-refractivity contribution >= 4 is 5.91 Å². The average molecular weight is 310 g/mol. The lowest BCUT2D eigenvalue weighted by atomic mass is 10.0. The molecule has 6 nitrogen and oxygen atoms in total. The molecule has 2 heterocycles. The molecule has 1 amide bonds. The molecule has 1 aliphatic rings. The first-order chi connectivity index (χ1) is 11.2. The quantitative estimate of drug-likeness (QED) is 0.939. The molecule has 1 aromatic heterocycles. The number of rotatable bonds is 3. The first-order valence-electron chi connectivity index (χ1n) is 7.56. The molecule has 2 atom stereocenters. The summed E-state index contributed by atoms with van der Waals surface area (Å²) in [6, 6.07) is 8.81. The summed E-state index contributed by atoms with van der Waals surface area (Å²) >= 11 is 0. The zero-order chi connectivity index (χ0) is 16.2. The van der Waals surface area contributed by atoms with Crippen molar-refractivity contribution in [1.82, 2.24) is 14.9 Å². The molecule has 2 aromatic rings. The molecule has 0 spiro atoms. The molecule has 23 heavy (non-hydrogen) atoms. The third-order valence-corrected chi connectivity index (χ3v) is 4.06. The van der Waals surface area contributed by atoms with E-state index in [1.54, 1.807) is 36.8 Å². The number of nitrogens with zero attached hydrogens (tertiary/aromatic N) is 3. The first-order valence-corrected chi connectivity index (χ1v) is 7.56. The van der Waals surface area contributed by atoms with Crippen LogP contribution in [0.5, 0.6) is 0 Å². The Morgan fingerprint density at radius 3 is 3.13 bits per heavy atom. The number of benzene rings is 1. The van der Waals surface area contributed by atoms with Crippen LogP contribution in [0.25, 0.3) is 0 Å². The summed E-state index contributed by atoms with van der Waals surface area (Å²) in [5.41, 5.74) is 2.00. The molecule has 0 unspecified atom stereocenters. The summed E-state index contributed by atoms with van der Waals surface area (Å²) in [7, 11) is 1.93. The highest BCUT2D eigenvalue weighted by molar-refractivity contribution is 5.94. The van der Waals surface area contributed by atoms with Crippen LogP contribution >= 0.6 is 0 Å². The number of hydrogen-bond donors (Lipinski definition) is 1. The predicted octanol–water partition coefficient (Wildman–Crippen LogP) is 1.94. The number of carbonyl (C=O) groups excluding carboxylic acids is 1. The minimum Gasteiger partial charge on any atom is -0.372 e. The molecular formula is C17H18N4O2. The highest BCUT2D eigenvalue weighted by Gasteiger charge is 2.27. The Hall–Kier alpha value is -2.65. The van der Waals surface area contributed by atoms with Gasteiger partial charge in [-0.2, -0.15) is 5.26 Å². The largest absolute Gasteiger partial charge is 0.372 e. The lowest BCUT2D eigenvalue weighted by Gasteiger charge is -2.30. The van der Waals surface area contributed by atoms with E-state index in [0.29, 0.717) is 24.2 Å². The molecule has 0 bridgehead atoms. The van der Waals surface area contributed by atoms with E-state index < -0.39 is 0 Å². The molecule has 1 aromatic carbocycles. The second kappa shape index (κ2) is 6.63. The fourth-order valence-electron chi connectivity index (χ4n) is 2.81. The molecule has 1 aliphatic heterocycles. The van der Waals surface area contributed by atoms with E-state index in [1.165, 1.54) is 0 Å². The Morgan fingerprint density at radius 1 is 1.52 bits per heavy atom. The molecule has 1 N–H and O–H groups in total. The van der Waals surface area contributed by atoms with Crippen LogP contribution in [0, 0.1) is 11.3 Å².